The predicted octanol–water partition coefficient (Wildman–Crippen LogP) is 6.71. The highest BCUT2D eigenvalue weighted by Crippen LogP contribution is 2.60. The predicted molar refractivity (Wildman–Crippen MR) is 150 cm³/mol. The van der Waals surface area contributed by atoms with Gasteiger partial charge in [0.05, 0.1) is 0 Å². The lowest BCUT2D eigenvalue weighted by Gasteiger charge is -2.57. The molecule has 6 heteroatoms. The Morgan fingerprint density at radius 2 is 1.61 bits per heavy atom. The van der Waals surface area contributed by atoms with Crippen molar-refractivity contribution in [2.24, 2.45) is 17.8 Å². The van der Waals surface area contributed by atoms with Gasteiger partial charge < -0.3 is 20.4 Å². The molecule has 0 saturated heterocycles. The van der Waals surface area contributed by atoms with Gasteiger partial charge in [0.15, 0.2) is 0 Å². The van der Waals surface area contributed by atoms with Crippen molar-refractivity contribution in [1.29, 1.82) is 0 Å². The van der Waals surface area contributed by atoms with Crippen LogP contribution in [0.25, 0.3) is 10.9 Å². The maximum absolute atomic E-state index is 13.5. The first-order valence-corrected chi connectivity index (χ1v) is 14.1. The molecular formula is C32H39N3O3. The minimum atomic E-state index is -0.785. The van der Waals surface area contributed by atoms with Gasteiger partial charge in [-0.3, -0.25) is 4.79 Å². The third-order valence-corrected chi connectivity index (χ3v) is 8.91. The van der Waals surface area contributed by atoms with Crippen molar-refractivity contribution < 1.29 is 14.3 Å². The van der Waals surface area contributed by atoms with Gasteiger partial charge in [0.25, 0.3) is 0 Å². The Morgan fingerprint density at radius 3 is 2.24 bits per heavy atom. The Hall–Kier alpha value is -3.28. The van der Waals surface area contributed by atoms with Crippen LogP contribution in [0.1, 0.15) is 70.4 Å². The van der Waals surface area contributed by atoms with E-state index in [1.165, 1.54) is 44.1 Å². The molecule has 2 amide bonds. The average molecular weight is 514 g/mol. The van der Waals surface area contributed by atoms with Crippen molar-refractivity contribution in [3.05, 3.63) is 65.9 Å². The zero-order valence-electron chi connectivity index (χ0n) is 22.7. The number of rotatable bonds is 6. The first-order chi connectivity index (χ1) is 18.2. The summed E-state index contributed by atoms with van der Waals surface area (Å²) in [7, 11) is 0. The highest BCUT2D eigenvalue weighted by atomic mass is 16.6. The van der Waals surface area contributed by atoms with Crippen molar-refractivity contribution in [2.45, 2.75) is 82.8 Å². The van der Waals surface area contributed by atoms with E-state index in [0.717, 1.165) is 39.9 Å². The number of aromatic amines is 1. The number of hydrogen-bond donors (Lipinski definition) is 3. The zero-order valence-corrected chi connectivity index (χ0v) is 22.7. The molecule has 200 valence electrons. The lowest BCUT2D eigenvalue weighted by atomic mass is 9.48. The van der Waals surface area contributed by atoms with E-state index in [1.807, 2.05) is 63.4 Å². The van der Waals surface area contributed by atoms with Gasteiger partial charge in [-0.05, 0) is 112 Å². The number of nitrogens with one attached hydrogen (secondary N) is 3. The third-order valence-electron chi connectivity index (χ3n) is 8.91. The van der Waals surface area contributed by atoms with Crippen molar-refractivity contribution in [1.82, 2.24) is 10.3 Å². The SMILES string of the molecule is CC(C)(C)OC(=O)N[C@@H](Cc1c[nH]c2ccccc12)C(=O)Nc1ccc(C23CC4CC(CC(C4)C2)C3)cc1. The van der Waals surface area contributed by atoms with Crippen LogP contribution in [0.3, 0.4) is 0 Å². The Kier molecular flexibility index (Phi) is 6.24. The Balaban J connectivity index is 1.19. The Bertz CT molecular complexity index is 1300. The summed E-state index contributed by atoms with van der Waals surface area (Å²) in [5.74, 6) is 2.42. The maximum Gasteiger partial charge on any atom is 0.408 e. The highest BCUT2D eigenvalue weighted by Gasteiger charge is 2.51. The molecule has 0 aliphatic heterocycles. The van der Waals surface area contributed by atoms with Crippen LogP contribution in [0.5, 0.6) is 0 Å². The van der Waals surface area contributed by atoms with Gasteiger partial charge in [-0.2, -0.15) is 0 Å². The number of amides is 2. The van der Waals surface area contributed by atoms with Gasteiger partial charge in [-0.15, -0.1) is 0 Å². The van der Waals surface area contributed by atoms with Crippen molar-refractivity contribution >= 4 is 28.6 Å². The molecule has 3 N–H and O–H groups in total. The van der Waals surface area contributed by atoms with E-state index in [9.17, 15) is 9.59 Å². The van der Waals surface area contributed by atoms with Crippen LogP contribution in [-0.2, 0) is 21.4 Å². The van der Waals surface area contributed by atoms with Crippen LogP contribution in [0.2, 0.25) is 0 Å². The number of carbonyl (C=O) groups is 2. The molecular weight excluding hydrogens is 474 g/mol. The molecule has 38 heavy (non-hydrogen) atoms. The van der Waals surface area contributed by atoms with E-state index in [1.54, 1.807) is 0 Å². The number of alkyl carbamates (subject to hydrolysis) is 1. The number of hydrogen-bond acceptors (Lipinski definition) is 3. The molecule has 1 aromatic heterocycles. The number of fused-ring (bicyclic) bond motifs is 1. The second kappa shape index (κ2) is 9.48. The molecule has 1 atom stereocenters. The molecule has 4 saturated carbocycles. The minimum absolute atomic E-state index is 0.260. The fourth-order valence-electron chi connectivity index (χ4n) is 7.78. The molecule has 4 aliphatic rings. The third kappa shape index (κ3) is 5.05. The number of ether oxygens (including phenoxy) is 1. The highest BCUT2D eigenvalue weighted by molar-refractivity contribution is 5.97. The summed E-state index contributed by atoms with van der Waals surface area (Å²) >= 11 is 0. The molecule has 4 fully saturated rings. The number of H-pyrrole nitrogens is 1. The molecule has 4 bridgehead atoms. The average Bonchev–Trinajstić information content (AvgIpc) is 3.25. The first kappa shape index (κ1) is 25.0. The Labute approximate surface area is 224 Å². The van der Waals surface area contributed by atoms with E-state index in [0.29, 0.717) is 11.8 Å². The minimum Gasteiger partial charge on any atom is -0.444 e. The lowest BCUT2D eigenvalue weighted by Crippen LogP contribution is -2.48. The first-order valence-electron chi connectivity index (χ1n) is 14.1. The number of aromatic nitrogens is 1. The molecule has 4 aliphatic carbocycles. The molecule has 2 aromatic carbocycles. The maximum atomic E-state index is 13.5. The summed E-state index contributed by atoms with van der Waals surface area (Å²) < 4.78 is 5.47. The van der Waals surface area contributed by atoms with Gasteiger partial charge in [-0.25, -0.2) is 4.79 Å². The quantitative estimate of drug-likeness (QED) is 0.343. The van der Waals surface area contributed by atoms with E-state index in [2.05, 4.69) is 27.8 Å². The largest absolute Gasteiger partial charge is 0.444 e. The monoisotopic (exact) mass is 513 g/mol. The smallest absolute Gasteiger partial charge is 0.408 e. The van der Waals surface area contributed by atoms with Crippen molar-refractivity contribution in [3.63, 3.8) is 0 Å². The van der Waals surface area contributed by atoms with Gasteiger partial charge in [0.2, 0.25) is 5.91 Å². The van der Waals surface area contributed by atoms with Gasteiger partial charge in [-0.1, -0.05) is 30.3 Å². The fraction of sp³-hybridized carbons (Fsp3) is 0.500. The summed E-state index contributed by atoms with van der Waals surface area (Å²) in [5, 5.41) is 6.90. The van der Waals surface area contributed by atoms with Crippen LogP contribution in [0.15, 0.2) is 54.7 Å². The van der Waals surface area contributed by atoms with Crippen molar-refractivity contribution in [2.75, 3.05) is 5.32 Å². The van der Waals surface area contributed by atoms with E-state index in [4.69, 9.17) is 4.74 Å². The van der Waals surface area contributed by atoms with Crippen LogP contribution < -0.4 is 10.6 Å². The normalized spacial score (nSPS) is 26.8. The van der Waals surface area contributed by atoms with Crippen LogP contribution in [0.4, 0.5) is 10.5 Å². The fourth-order valence-corrected chi connectivity index (χ4v) is 7.78. The number of carbonyl (C=O) groups excluding carboxylic acids is 2. The van der Waals surface area contributed by atoms with Crippen LogP contribution in [-0.4, -0.2) is 28.6 Å². The second-order valence-corrected chi connectivity index (χ2v) is 13.0. The molecule has 0 radical (unpaired) electrons. The standard InChI is InChI=1S/C32H39N3O3/c1-31(2,3)38-30(37)35-28(15-23-19-33-27-7-5-4-6-26(23)27)29(36)34-25-10-8-24(9-11-25)32-16-20-12-21(17-32)14-22(13-20)18-32/h4-11,19-22,28,33H,12-18H2,1-3H3,(H,34,36)(H,35,37)/t20?,21?,22?,28-,32?/m0/s1. The van der Waals surface area contributed by atoms with E-state index in [-0.39, 0.29) is 5.91 Å². The summed E-state index contributed by atoms with van der Waals surface area (Å²) in [6.45, 7) is 5.44. The van der Waals surface area contributed by atoms with Gasteiger partial charge in [0.1, 0.15) is 11.6 Å². The second-order valence-electron chi connectivity index (χ2n) is 13.0. The summed E-state index contributed by atoms with van der Waals surface area (Å²) in [6, 6.07) is 15.7. The van der Waals surface area contributed by atoms with Crippen LogP contribution >= 0.6 is 0 Å². The van der Waals surface area contributed by atoms with E-state index < -0.39 is 17.7 Å². The molecule has 6 nitrogen and oxygen atoms in total. The molecule has 0 spiro atoms. The van der Waals surface area contributed by atoms with Gasteiger partial charge >= 0.3 is 6.09 Å². The summed E-state index contributed by atoms with van der Waals surface area (Å²) in [4.78, 5) is 29.4. The van der Waals surface area contributed by atoms with Crippen LogP contribution in [0, 0.1) is 17.8 Å². The molecule has 3 aromatic rings. The summed E-state index contributed by atoms with van der Waals surface area (Å²) in [5.41, 5.74) is 3.82. The number of benzene rings is 2. The van der Waals surface area contributed by atoms with Gasteiger partial charge in [0, 0.05) is 29.2 Å². The number of anilines is 1. The molecule has 1 heterocycles. The van der Waals surface area contributed by atoms with Crippen molar-refractivity contribution in [3.8, 4) is 0 Å². The topological polar surface area (TPSA) is 83.2 Å². The van der Waals surface area contributed by atoms with E-state index >= 15 is 0 Å². The molecule has 7 rings (SSSR count). The number of para-hydroxylation sites is 1. The molecule has 0 unspecified atom stereocenters. The lowest BCUT2D eigenvalue weighted by molar-refractivity contribution is -0.118. The summed E-state index contributed by atoms with van der Waals surface area (Å²) in [6.07, 6.45) is 9.88. The zero-order chi connectivity index (χ0) is 26.5. The Morgan fingerprint density at radius 1 is 0.974 bits per heavy atom.